The van der Waals surface area contributed by atoms with E-state index in [1.807, 2.05) is 66.7 Å². The average molecular weight is 365 g/mol. The summed E-state index contributed by atoms with van der Waals surface area (Å²) in [6, 6.07) is 21.3. The van der Waals surface area contributed by atoms with Gasteiger partial charge in [-0.2, -0.15) is 0 Å². The molecule has 0 radical (unpaired) electrons. The van der Waals surface area contributed by atoms with E-state index in [0.29, 0.717) is 5.11 Å². The van der Waals surface area contributed by atoms with Gasteiger partial charge in [0.05, 0.1) is 13.5 Å². The molecule has 5 nitrogen and oxygen atoms in total. The number of rotatable bonds is 4. The highest BCUT2D eigenvalue weighted by Gasteiger charge is 2.07. The summed E-state index contributed by atoms with van der Waals surface area (Å²) in [6.07, 6.45) is 0.263. The number of ether oxygens (including phenoxy) is 1. The van der Waals surface area contributed by atoms with Crippen molar-refractivity contribution >= 4 is 39.7 Å². The molecule has 3 aromatic carbocycles. The average Bonchev–Trinajstić information content (AvgIpc) is 2.67. The lowest BCUT2D eigenvalue weighted by atomic mass is 10.0. The van der Waals surface area contributed by atoms with Gasteiger partial charge in [-0.15, -0.1) is 0 Å². The molecule has 0 aliphatic carbocycles. The normalized spacial score (nSPS) is 10.2. The third-order valence-corrected chi connectivity index (χ3v) is 4.10. The van der Waals surface area contributed by atoms with Crippen molar-refractivity contribution in [1.82, 2.24) is 10.9 Å². The highest BCUT2D eigenvalue weighted by Crippen LogP contribution is 2.18. The number of hydrogen-bond donors (Lipinski definition) is 3. The van der Waals surface area contributed by atoms with Crippen molar-refractivity contribution in [3.63, 3.8) is 0 Å². The van der Waals surface area contributed by atoms with Crippen LogP contribution in [0.15, 0.2) is 66.7 Å². The van der Waals surface area contributed by atoms with Gasteiger partial charge in [0.2, 0.25) is 5.91 Å². The van der Waals surface area contributed by atoms with E-state index in [-0.39, 0.29) is 12.3 Å². The smallest absolute Gasteiger partial charge is 0.242 e. The summed E-state index contributed by atoms with van der Waals surface area (Å²) in [4.78, 5) is 12.2. The lowest BCUT2D eigenvalue weighted by molar-refractivity contribution is -0.120. The summed E-state index contributed by atoms with van der Waals surface area (Å²) in [7, 11) is 1.61. The number of thiocarbonyl (C=S) groups is 1. The van der Waals surface area contributed by atoms with E-state index >= 15 is 0 Å². The number of amides is 1. The number of carbonyl (C=O) groups excluding carboxylic acids is 1. The Morgan fingerprint density at radius 2 is 1.69 bits per heavy atom. The molecule has 0 saturated heterocycles. The quantitative estimate of drug-likeness (QED) is 0.489. The molecule has 0 saturated carbocycles. The SMILES string of the molecule is COc1ccc(NC(=S)NNC(=O)Cc2cccc3ccccc23)cc1. The molecule has 0 spiro atoms. The van der Waals surface area contributed by atoms with Gasteiger partial charge in [-0.05, 0) is 52.8 Å². The van der Waals surface area contributed by atoms with Crippen LogP contribution < -0.4 is 20.9 Å². The molecule has 0 fully saturated rings. The summed E-state index contributed by atoms with van der Waals surface area (Å²) >= 11 is 5.19. The van der Waals surface area contributed by atoms with Gasteiger partial charge in [0.15, 0.2) is 5.11 Å². The van der Waals surface area contributed by atoms with E-state index in [1.54, 1.807) is 7.11 Å². The standard InChI is InChI=1S/C20H19N3O2S/c1-25-17-11-9-16(10-12-17)21-20(26)23-22-19(24)13-15-7-4-6-14-5-2-3-8-18(14)15/h2-12H,13H2,1H3,(H,22,24)(H2,21,23,26). The maximum Gasteiger partial charge on any atom is 0.242 e. The molecular weight excluding hydrogens is 346 g/mol. The molecule has 0 aliphatic heterocycles. The van der Waals surface area contributed by atoms with Gasteiger partial charge in [-0.1, -0.05) is 42.5 Å². The summed E-state index contributed by atoms with van der Waals surface area (Å²) < 4.78 is 5.11. The van der Waals surface area contributed by atoms with E-state index in [1.165, 1.54) is 0 Å². The molecule has 132 valence electrons. The molecule has 1 amide bonds. The van der Waals surface area contributed by atoms with Crippen molar-refractivity contribution in [2.24, 2.45) is 0 Å². The van der Waals surface area contributed by atoms with E-state index in [9.17, 15) is 4.79 Å². The Morgan fingerprint density at radius 3 is 2.46 bits per heavy atom. The number of carbonyl (C=O) groups is 1. The van der Waals surface area contributed by atoms with Crippen molar-refractivity contribution in [2.75, 3.05) is 12.4 Å². The summed E-state index contributed by atoms with van der Waals surface area (Å²) in [5.41, 5.74) is 7.11. The third kappa shape index (κ3) is 4.49. The Hall–Kier alpha value is -3.12. The van der Waals surface area contributed by atoms with Crippen LogP contribution in [0.3, 0.4) is 0 Å². The van der Waals surface area contributed by atoms with Crippen LogP contribution in [-0.4, -0.2) is 18.1 Å². The number of nitrogens with one attached hydrogen (secondary N) is 3. The van der Waals surface area contributed by atoms with E-state index in [0.717, 1.165) is 27.8 Å². The van der Waals surface area contributed by atoms with Crippen LogP contribution in [0, 0.1) is 0 Å². The zero-order valence-electron chi connectivity index (χ0n) is 14.3. The zero-order valence-corrected chi connectivity index (χ0v) is 15.1. The first-order chi connectivity index (χ1) is 12.7. The van der Waals surface area contributed by atoms with Gasteiger partial charge < -0.3 is 10.1 Å². The number of anilines is 1. The predicted molar refractivity (Wildman–Crippen MR) is 108 cm³/mol. The van der Waals surface area contributed by atoms with E-state index in [2.05, 4.69) is 16.2 Å². The molecule has 0 bridgehead atoms. The molecule has 0 aliphatic rings. The minimum absolute atomic E-state index is 0.166. The first-order valence-corrected chi connectivity index (χ1v) is 8.53. The van der Waals surface area contributed by atoms with Gasteiger partial charge in [-0.3, -0.25) is 15.6 Å². The maximum absolute atomic E-state index is 12.2. The Balaban J connectivity index is 1.54. The second-order valence-corrected chi connectivity index (χ2v) is 6.08. The van der Waals surface area contributed by atoms with E-state index < -0.39 is 0 Å². The summed E-state index contributed by atoms with van der Waals surface area (Å²) in [6.45, 7) is 0. The van der Waals surface area contributed by atoms with Crippen LogP contribution in [0.4, 0.5) is 5.69 Å². The van der Waals surface area contributed by atoms with Gasteiger partial charge in [-0.25, -0.2) is 0 Å². The molecule has 3 N–H and O–H groups in total. The van der Waals surface area contributed by atoms with Crippen molar-refractivity contribution in [3.05, 3.63) is 72.3 Å². The Labute approximate surface area is 157 Å². The minimum Gasteiger partial charge on any atom is -0.497 e. The Morgan fingerprint density at radius 1 is 0.962 bits per heavy atom. The fourth-order valence-electron chi connectivity index (χ4n) is 2.63. The van der Waals surface area contributed by atoms with Gasteiger partial charge in [0, 0.05) is 5.69 Å². The zero-order chi connectivity index (χ0) is 18.4. The molecule has 0 heterocycles. The van der Waals surface area contributed by atoms with Crippen LogP contribution in [0.1, 0.15) is 5.56 Å². The second kappa shape index (κ2) is 8.31. The number of hydrogen-bond acceptors (Lipinski definition) is 3. The fourth-order valence-corrected chi connectivity index (χ4v) is 2.80. The van der Waals surface area contributed by atoms with Gasteiger partial charge in [0.1, 0.15) is 5.75 Å². The molecular formula is C20H19N3O2S. The van der Waals surface area contributed by atoms with Crippen LogP contribution in [0.2, 0.25) is 0 Å². The molecule has 26 heavy (non-hydrogen) atoms. The topological polar surface area (TPSA) is 62.4 Å². The van der Waals surface area contributed by atoms with Crippen molar-refractivity contribution < 1.29 is 9.53 Å². The lowest BCUT2D eigenvalue weighted by Gasteiger charge is -2.12. The number of hydrazine groups is 1. The largest absolute Gasteiger partial charge is 0.497 e. The number of benzene rings is 3. The molecule has 0 atom stereocenters. The predicted octanol–water partition coefficient (Wildman–Crippen LogP) is 3.41. The van der Waals surface area contributed by atoms with Crippen molar-refractivity contribution in [1.29, 1.82) is 0 Å². The minimum atomic E-state index is -0.166. The summed E-state index contributed by atoms with van der Waals surface area (Å²) in [5.74, 6) is 0.595. The molecule has 6 heteroatoms. The first kappa shape index (κ1) is 17.7. The fraction of sp³-hybridized carbons (Fsp3) is 0.100. The maximum atomic E-state index is 12.2. The van der Waals surface area contributed by atoms with Gasteiger partial charge in [0.25, 0.3) is 0 Å². The van der Waals surface area contributed by atoms with Crippen LogP contribution in [0.25, 0.3) is 10.8 Å². The van der Waals surface area contributed by atoms with Crippen molar-refractivity contribution in [2.45, 2.75) is 6.42 Å². The monoisotopic (exact) mass is 365 g/mol. The Kier molecular flexibility index (Phi) is 5.66. The van der Waals surface area contributed by atoms with Crippen LogP contribution in [0.5, 0.6) is 5.75 Å². The summed E-state index contributed by atoms with van der Waals surface area (Å²) in [5, 5.41) is 5.49. The van der Waals surface area contributed by atoms with Crippen molar-refractivity contribution in [3.8, 4) is 5.75 Å². The highest BCUT2D eigenvalue weighted by atomic mass is 32.1. The number of fused-ring (bicyclic) bond motifs is 1. The third-order valence-electron chi connectivity index (χ3n) is 3.89. The number of methoxy groups -OCH3 is 1. The first-order valence-electron chi connectivity index (χ1n) is 8.12. The molecule has 3 aromatic rings. The molecule has 0 unspecified atom stereocenters. The lowest BCUT2D eigenvalue weighted by Crippen LogP contribution is -2.44. The van der Waals surface area contributed by atoms with Gasteiger partial charge >= 0.3 is 0 Å². The molecule has 3 rings (SSSR count). The Bertz CT molecular complexity index is 920. The van der Waals surface area contributed by atoms with Crippen LogP contribution in [-0.2, 0) is 11.2 Å². The molecule has 0 aromatic heterocycles. The highest BCUT2D eigenvalue weighted by molar-refractivity contribution is 7.80. The van der Waals surface area contributed by atoms with E-state index in [4.69, 9.17) is 17.0 Å². The van der Waals surface area contributed by atoms with Crippen LogP contribution >= 0.6 is 12.2 Å². The second-order valence-electron chi connectivity index (χ2n) is 5.67.